The number of ether oxygens (including phenoxy) is 1. The molecule has 2 aromatic rings. The Balaban J connectivity index is 1.85. The van der Waals surface area contributed by atoms with E-state index >= 15 is 0 Å². The van der Waals surface area contributed by atoms with E-state index in [2.05, 4.69) is 12.2 Å². The molecular weight excluding hydrogens is 407 g/mol. The normalized spacial score (nSPS) is 16.8. The van der Waals surface area contributed by atoms with Gasteiger partial charge < -0.3 is 10.1 Å². The maximum atomic E-state index is 13.1. The van der Waals surface area contributed by atoms with Gasteiger partial charge in [0.25, 0.3) is 5.91 Å². The fraction of sp³-hybridized carbons (Fsp3) is 0.409. The van der Waals surface area contributed by atoms with Crippen LogP contribution in [0.2, 0.25) is 0 Å². The van der Waals surface area contributed by atoms with E-state index in [9.17, 15) is 17.6 Å². The molecule has 3 rings (SSSR count). The Bertz CT molecular complexity index is 1000. The lowest BCUT2D eigenvalue weighted by Gasteiger charge is -2.29. The average Bonchev–Trinajstić information content (AvgIpc) is 2.74. The number of carbonyl (C=O) groups excluding carboxylic acids is 1. The van der Waals surface area contributed by atoms with Gasteiger partial charge in [0, 0.05) is 13.1 Å². The number of hydrogen-bond donors (Lipinski definition) is 1. The molecule has 8 heteroatoms. The Labute approximate surface area is 177 Å². The predicted molar refractivity (Wildman–Crippen MR) is 112 cm³/mol. The first kappa shape index (κ1) is 22.2. The number of methoxy groups -OCH3 is 1. The molecule has 1 atom stereocenters. The van der Waals surface area contributed by atoms with Gasteiger partial charge in [-0.05, 0) is 61.6 Å². The van der Waals surface area contributed by atoms with Gasteiger partial charge in [0.05, 0.1) is 23.6 Å². The average molecular weight is 435 g/mol. The van der Waals surface area contributed by atoms with Crippen LogP contribution >= 0.6 is 0 Å². The SMILES string of the molecule is COc1ccc(S(=O)(=O)N2CCC(C)CC2)cc1C(=O)N[C@H](C)c1ccc(F)cc1. The van der Waals surface area contributed by atoms with E-state index in [0.717, 1.165) is 18.4 Å². The number of amides is 1. The monoisotopic (exact) mass is 434 g/mol. The van der Waals surface area contributed by atoms with Crippen molar-refractivity contribution in [1.82, 2.24) is 9.62 Å². The zero-order valence-corrected chi connectivity index (χ0v) is 18.2. The lowest BCUT2D eigenvalue weighted by molar-refractivity contribution is 0.0936. The zero-order valence-electron chi connectivity index (χ0n) is 17.4. The van der Waals surface area contributed by atoms with Crippen molar-refractivity contribution in [2.24, 2.45) is 5.92 Å². The molecule has 0 saturated carbocycles. The molecule has 1 aliphatic heterocycles. The second-order valence-corrected chi connectivity index (χ2v) is 9.63. The van der Waals surface area contributed by atoms with Crippen molar-refractivity contribution >= 4 is 15.9 Å². The first-order chi connectivity index (χ1) is 14.2. The summed E-state index contributed by atoms with van der Waals surface area (Å²) in [7, 11) is -2.27. The lowest BCUT2D eigenvalue weighted by atomic mass is 10.0. The molecular formula is C22H27FN2O4S. The number of rotatable bonds is 6. The van der Waals surface area contributed by atoms with Crippen molar-refractivity contribution in [2.75, 3.05) is 20.2 Å². The van der Waals surface area contributed by atoms with E-state index in [1.165, 1.54) is 41.7 Å². The molecule has 1 saturated heterocycles. The summed E-state index contributed by atoms with van der Waals surface area (Å²) < 4.78 is 46.0. The molecule has 0 bridgehead atoms. The molecule has 30 heavy (non-hydrogen) atoms. The standard InChI is InChI=1S/C22H27FN2O4S/c1-15-10-12-25(13-11-15)30(27,28)19-8-9-21(29-3)20(14-19)22(26)24-16(2)17-4-6-18(23)7-5-17/h4-9,14-16H,10-13H2,1-3H3,(H,24,26)/t16-/m1/s1. The Morgan fingerprint density at radius 3 is 2.40 bits per heavy atom. The molecule has 1 N–H and O–H groups in total. The van der Waals surface area contributed by atoms with Crippen LogP contribution in [0.5, 0.6) is 5.75 Å². The molecule has 1 amide bonds. The Morgan fingerprint density at radius 2 is 1.80 bits per heavy atom. The highest BCUT2D eigenvalue weighted by atomic mass is 32.2. The molecule has 6 nitrogen and oxygen atoms in total. The third-order valence-corrected chi connectivity index (χ3v) is 7.41. The predicted octanol–water partition coefficient (Wildman–Crippen LogP) is 3.75. The molecule has 0 aliphatic carbocycles. The number of benzene rings is 2. The summed E-state index contributed by atoms with van der Waals surface area (Å²) in [6, 6.07) is 9.76. The van der Waals surface area contributed by atoms with Crippen molar-refractivity contribution < 1.29 is 22.3 Å². The summed E-state index contributed by atoms with van der Waals surface area (Å²) in [6.45, 7) is 4.83. The molecule has 1 aliphatic rings. The molecule has 1 fully saturated rings. The smallest absolute Gasteiger partial charge is 0.255 e. The number of hydrogen-bond acceptors (Lipinski definition) is 4. The maximum Gasteiger partial charge on any atom is 0.255 e. The van der Waals surface area contributed by atoms with Crippen molar-refractivity contribution in [3.8, 4) is 5.75 Å². The van der Waals surface area contributed by atoms with Gasteiger partial charge in [-0.25, -0.2) is 12.8 Å². The lowest BCUT2D eigenvalue weighted by Crippen LogP contribution is -2.38. The number of nitrogens with zero attached hydrogens (tertiary/aromatic N) is 1. The number of nitrogens with one attached hydrogen (secondary N) is 1. The van der Waals surface area contributed by atoms with E-state index in [-0.39, 0.29) is 22.0 Å². The summed E-state index contributed by atoms with van der Waals surface area (Å²) in [6.07, 6.45) is 1.63. The van der Waals surface area contributed by atoms with Crippen LogP contribution in [0.3, 0.4) is 0 Å². The van der Waals surface area contributed by atoms with Crippen molar-refractivity contribution in [2.45, 2.75) is 37.6 Å². The van der Waals surface area contributed by atoms with Gasteiger partial charge in [0.2, 0.25) is 10.0 Å². The zero-order chi connectivity index (χ0) is 21.9. The molecule has 0 aromatic heterocycles. The highest BCUT2D eigenvalue weighted by Crippen LogP contribution is 2.28. The summed E-state index contributed by atoms with van der Waals surface area (Å²) in [4.78, 5) is 13.0. The summed E-state index contributed by atoms with van der Waals surface area (Å²) in [5, 5.41) is 2.82. The molecule has 0 spiro atoms. The number of piperidine rings is 1. The largest absolute Gasteiger partial charge is 0.496 e. The van der Waals surface area contributed by atoms with E-state index in [1.54, 1.807) is 19.1 Å². The van der Waals surface area contributed by atoms with Crippen LogP contribution in [0, 0.1) is 11.7 Å². The van der Waals surface area contributed by atoms with Crippen LogP contribution in [-0.4, -0.2) is 38.8 Å². The van der Waals surface area contributed by atoms with Crippen LogP contribution in [0.1, 0.15) is 48.7 Å². The maximum absolute atomic E-state index is 13.1. The van der Waals surface area contributed by atoms with Crippen LogP contribution in [0.25, 0.3) is 0 Å². The Hall–Kier alpha value is -2.45. The highest BCUT2D eigenvalue weighted by molar-refractivity contribution is 7.89. The molecule has 0 radical (unpaired) electrons. The van der Waals surface area contributed by atoms with Gasteiger partial charge in [-0.1, -0.05) is 19.1 Å². The van der Waals surface area contributed by atoms with Crippen molar-refractivity contribution in [1.29, 1.82) is 0 Å². The van der Waals surface area contributed by atoms with E-state index in [1.807, 2.05) is 0 Å². The van der Waals surface area contributed by atoms with Gasteiger partial charge in [0.15, 0.2) is 0 Å². The van der Waals surface area contributed by atoms with Crippen LogP contribution in [0.15, 0.2) is 47.4 Å². The quantitative estimate of drug-likeness (QED) is 0.751. The Kier molecular flexibility index (Phi) is 6.77. The van der Waals surface area contributed by atoms with Gasteiger partial charge in [-0.2, -0.15) is 4.31 Å². The number of sulfonamides is 1. The minimum Gasteiger partial charge on any atom is -0.496 e. The minimum atomic E-state index is -3.70. The van der Waals surface area contributed by atoms with Gasteiger partial charge in [-0.15, -0.1) is 0 Å². The minimum absolute atomic E-state index is 0.0671. The fourth-order valence-corrected chi connectivity index (χ4v) is 5.00. The second-order valence-electron chi connectivity index (χ2n) is 7.70. The summed E-state index contributed by atoms with van der Waals surface area (Å²) in [5.74, 6) is -0.0384. The van der Waals surface area contributed by atoms with Crippen molar-refractivity contribution in [3.05, 3.63) is 59.4 Å². The van der Waals surface area contributed by atoms with Crippen LogP contribution < -0.4 is 10.1 Å². The van der Waals surface area contributed by atoms with E-state index in [4.69, 9.17) is 4.74 Å². The van der Waals surface area contributed by atoms with Gasteiger partial charge in [0.1, 0.15) is 11.6 Å². The van der Waals surface area contributed by atoms with Crippen molar-refractivity contribution in [3.63, 3.8) is 0 Å². The van der Waals surface area contributed by atoms with Crippen LogP contribution in [-0.2, 0) is 10.0 Å². The van der Waals surface area contributed by atoms with Crippen LogP contribution in [0.4, 0.5) is 4.39 Å². The number of halogens is 1. The third-order valence-electron chi connectivity index (χ3n) is 5.51. The second kappa shape index (κ2) is 9.14. The summed E-state index contributed by atoms with van der Waals surface area (Å²) in [5.41, 5.74) is 0.868. The highest BCUT2D eigenvalue weighted by Gasteiger charge is 2.29. The molecule has 2 aromatic carbocycles. The number of carbonyl (C=O) groups is 1. The first-order valence-corrected chi connectivity index (χ1v) is 11.4. The summed E-state index contributed by atoms with van der Waals surface area (Å²) >= 11 is 0. The third kappa shape index (κ3) is 4.82. The molecule has 162 valence electrons. The molecule has 0 unspecified atom stereocenters. The fourth-order valence-electron chi connectivity index (χ4n) is 3.51. The topological polar surface area (TPSA) is 75.7 Å². The Morgan fingerprint density at radius 1 is 1.17 bits per heavy atom. The van der Waals surface area contributed by atoms with Gasteiger partial charge in [-0.3, -0.25) is 4.79 Å². The van der Waals surface area contributed by atoms with Gasteiger partial charge >= 0.3 is 0 Å². The first-order valence-electron chi connectivity index (χ1n) is 9.97. The van der Waals surface area contributed by atoms with E-state index in [0.29, 0.717) is 19.0 Å². The molecule has 1 heterocycles. The van der Waals surface area contributed by atoms with E-state index < -0.39 is 22.0 Å².